The van der Waals surface area contributed by atoms with Crippen LogP contribution in [0.2, 0.25) is 0 Å². The van der Waals surface area contributed by atoms with E-state index < -0.39 is 0 Å². The van der Waals surface area contributed by atoms with Crippen LogP contribution >= 0.6 is 0 Å². The minimum absolute atomic E-state index is 0. The Bertz CT molecular complexity index is 875. The normalized spacial score (nSPS) is 10.5. The molecule has 0 amide bonds. The maximum atomic E-state index is 2.36. The molecule has 4 aromatic rings. The molecule has 0 saturated carbocycles. The van der Waals surface area contributed by atoms with Crippen LogP contribution in [0.15, 0.2) is 103 Å². The molecule has 0 radical (unpaired) electrons. The minimum Gasteiger partial charge on any atom is -1.00 e. The predicted octanol–water partition coefficient (Wildman–Crippen LogP) is 1.77. The number of nitrogens with zero attached hydrogens (tertiary/aromatic N) is 1. The summed E-state index contributed by atoms with van der Waals surface area (Å²) in [5.74, 6) is 0. The number of hydrogen-bond donors (Lipinski definition) is 0. The number of halogens is 1. The first-order chi connectivity index (χ1) is 11.4. The maximum Gasteiger partial charge on any atom is 0.213 e. The molecule has 3 aromatic carbocycles. The number of pyridine rings is 1. The lowest BCUT2D eigenvalue weighted by Gasteiger charge is -2.15. The molecule has 1 nitrogen and oxygen atoms in total. The highest BCUT2D eigenvalue weighted by Crippen LogP contribution is 2.23. The minimum atomic E-state index is 0. The van der Waals surface area contributed by atoms with E-state index >= 15 is 0 Å². The zero-order chi connectivity index (χ0) is 15.5. The van der Waals surface area contributed by atoms with Gasteiger partial charge in [-0.3, -0.25) is 0 Å². The molecule has 0 aliphatic heterocycles. The van der Waals surface area contributed by atoms with Crippen molar-refractivity contribution in [1.29, 1.82) is 0 Å². The summed E-state index contributed by atoms with van der Waals surface area (Å²) in [4.78, 5) is 0. The van der Waals surface area contributed by atoms with Crippen molar-refractivity contribution in [3.8, 4) is 0 Å². The molecule has 0 unspecified atom stereocenters. The van der Waals surface area contributed by atoms with Gasteiger partial charge in [0.05, 0.1) is 0 Å². The lowest BCUT2D eigenvalue weighted by molar-refractivity contribution is -0.679. The van der Waals surface area contributed by atoms with Crippen LogP contribution in [0.3, 0.4) is 0 Å². The van der Waals surface area contributed by atoms with E-state index in [1.807, 2.05) is 0 Å². The zero-order valence-corrected chi connectivity index (χ0v) is 14.8. The number of para-hydroxylation sites is 1. The Kier molecular flexibility index (Phi) is 5.07. The van der Waals surface area contributed by atoms with E-state index in [9.17, 15) is 0 Å². The molecule has 0 atom stereocenters. The van der Waals surface area contributed by atoms with E-state index in [0.717, 1.165) is 0 Å². The van der Waals surface area contributed by atoms with E-state index in [2.05, 4.69) is 108 Å². The Hall–Kier alpha value is -2.45. The van der Waals surface area contributed by atoms with Crippen LogP contribution in [0.5, 0.6) is 0 Å². The smallest absolute Gasteiger partial charge is 0.213 e. The quantitative estimate of drug-likeness (QED) is 0.480. The Morgan fingerprint density at radius 2 is 1.04 bits per heavy atom. The van der Waals surface area contributed by atoms with Crippen molar-refractivity contribution in [2.24, 2.45) is 0 Å². The molecule has 0 aliphatic carbocycles. The van der Waals surface area contributed by atoms with Crippen LogP contribution in [-0.2, 0) is 0 Å². The van der Waals surface area contributed by atoms with Gasteiger partial charge in [-0.1, -0.05) is 72.8 Å². The van der Waals surface area contributed by atoms with Crippen molar-refractivity contribution in [3.05, 3.63) is 114 Å². The SMILES string of the molecule is [Br-].c1ccc(C(c2ccccc2)[n+]2cccc3ccccc32)cc1. The third kappa shape index (κ3) is 3.10. The zero-order valence-electron chi connectivity index (χ0n) is 13.2. The second kappa shape index (κ2) is 7.41. The van der Waals surface area contributed by atoms with Crippen LogP contribution in [0.4, 0.5) is 0 Å². The largest absolute Gasteiger partial charge is 1.00 e. The summed E-state index contributed by atoms with van der Waals surface area (Å²) in [6.45, 7) is 0. The third-order valence-electron chi connectivity index (χ3n) is 4.25. The Morgan fingerprint density at radius 1 is 0.542 bits per heavy atom. The topological polar surface area (TPSA) is 3.88 Å². The summed E-state index contributed by atoms with van der Waals surface area (Å²) < 4.78 is 2.36. The molecule has 0 saturated heterocycles. The van der Waals surface area contributed by atoms with E-state index in [1.54, 1.807) is 0 Å². The Labute approximate surface area is 153 Å². The molecule has 2 heteroatoms. The number of rotatable bonds is 3. The van der Waals surface area contributed by atoms with E-state index in [-0.39, 0.29) is 23.0 Å². The van der Waals surface area contributed by atoms with Gasteiger partial charge in [0.25, 0.3) is 0 Å². The Morgan fingerprint density at radius 3 is 1.67 bits per heavy atom. The number of aromatic nitrogens is 1. The molecule has 0 N–H and O–H groups in total. The maximum absolute atomic E-state index is 2.36. The van der Waals surface area contributed by atoms with E-state index in [1.165, 1.54) is 22.0 Å². The highest BCUT2D eigenvalue weighted by Gasteiger charge is 2.25. The molecule has 0 aliphatic rings. The number of fused-ring (bicyclic) bond motifs is 1. The molecular formula is C22H18BrN. The fourth-order valence-electron chi connectivity index (χ4n) is 3.19. The average Bonchev–Trinajstić information content (AvgIpc) is 2.64. The first-order valence-electron chi connectivity index (χ1n) is 7.92. The van der Waals surface area contributed by atoms with Gasteiger partial charge in [-0.15, -0.1) is 0 Å². The summed E-state index contributed by atoms with van der Waals surface area (Å²) in [5, 5.41) is 1.26. The fraction of sp³-hybridized carbons (Fsp3) is 0.0455. The molecular weight excluding hydrogens is 358 g/mol. The van der Waals surface area contributed by atoms with Crippen molar-refractivity contribution in [2.75, 3.05) is 0 Å². The van der Waals surface area contributed by atoms with E-state index in [0.29, 0.717) is 0 Å². The van der Waals surface area contributed by atoms with Gasteiger partial charge in [0.15, 0.2) is 6.20 Å². The fourth-order valence-corrected chi connectivity index (χ4v) is 3.19. The van der Waals surface area contributed by atoms with Gasteiger partial charge in [0, 0.05) is 28.6 Å². The lowest BCUT2D eigenvalue weighted by Crippen LogP contribution is -3.00. The summed E-state index contributed by atoms with van der Waals surface area (Å²) in [6, 6.07) is 34.4. The molecule has 0 fully saturated rings. The van der Waals surface area contributed by atoms with Crippen LogP contribution in [-0.4, -0.2) is 0 Å². The van der Waals surface area contributed by atoms with Gasteiger partial charge in [-0.2, -0.15) is 4.57 Å². The molecule has 0 spiro atoms. The van der Waals surface area contributed by atoms with Gasteiger partial charge in [0.2, 0.25) is 11.6 Å². The molecule has 1 aromatic heterocycles. The first kappa shape index (κ1) is 16.4. The van der Waals surface area contributed by atoms with Crippen LogP contribution < -0.4 is 21.5 Å². The molecule has 0 bridgehead atoms. The second-order valence-electron chi connectivity index (χ2n) is 5.70. The number of hydrogen-bond acceptors (Lipinski definition) is 0. The second-order valence-corrected chi connectivity index (χ2v) is 5.70. The molecule has 1 heterocycles. The Balaban J connectivity index is 0.00000169. The van der Waals surface area contributed by atoms with Crippen molar-refractivity contribution >= 4 is 10.9 Å². The highest BCUT2D eigenvalue weighted by molar-refractivity contribution is 5.75. The van der Waals surface area contributed by atoms with Gasteiger partial charge >= 0.3 is 0 Å². The van der Waals surface area contributed by atoms with Crippen LogP contribution in [0.1, 0.15) is 17.2 Å². The molecule has 4 rings (SSSR count). The lowest BCUT2D eigenvalue weighted by atomic mass is 9.97. The number of benzene rings is 3. The van der Waals surface area contributed by atoms with E-state index in [4.69, 9.17) is 0 Å². The molecule has 118 valence electrons. The van der Waals surface area contributed by atoms with Crippen molar-refractivity contribution in [3.63, 3.8) is 0 Å². The monoisotopic (exact) mass is 375 g/mol. The van der Waals surface area contributed by atoms with Crippen molar-refractivity contribution < 1.29 is 21.5 Å². The first-order valence-corrected chi connectivity index (χ1v) is 7.92. The van der Waals surface area contributed by atoms with Crippen LogP contribution in [0.25, 0.3) is 10.9 Å². The van der Waals surface area contributed by atoms with Gasteiger partial charge in [-0.25, -0.2) is 0 Å². The summed E-state index contributed by atoms with van der Waals surface area (Å²) >= 11 is 0. The predicted molar refractivity (Wildman–Crippen MR) is 94.3 cm³/mol. The highest BCUT2D eigenvalue weighted by atomic mass is 79.9. The van der Waals surface area contributed by atoms with Gasteiger partial charge in [0.1, 0.15) is 0 Å². The molecule has 24 heavy (non-hydrogen) atoms. The summed E-state index contributed by atoms with van der Waals surface area (Å²) in [6.07, 6.45) is 2.17. The summed E-state index contributed by atoms with van der Waals surface area (Å²) in [7, 11) is 0. The third-order valence-corrected chi connectivity index (χ3v) is 4.25. The van der Waals surface area contributed by atoms with Gasteiger partial charge in [-0.05, 0) is 12.1 Å². The van der Waals surface area contributed by atoms with Crippen molar-refractivity contribution in [2.45, 2.75) is 6.04 Å². The van der Waals surface area contributed by atoms with Crippen molar-refractivity contribution in [1.82, 2.24) is 0 Å². The summed E-state index contributed by atoms with van der Waals surface area (Å²) in [5.41, 5.74) is 3.83. The standard InChI is InChI=1S/C22H18N.BrH/c1-3-11-19(12-4-1)22(20-13-5-2-6-14-20)23-17-9-15-18-10-7-8-16-21(18)23;/h1-17,22H;1H/q+1;/p-1. The average molecular weight is 376 g/mol. The van der Waals surface area contributed by atoms with Gasteiger partial charge < -0.3 is 17.0 Å². The van der Waals surface area contributed by atoms with Crippen LogP contribution in [0, 0.1) is 0 Å².